The third-order valence-electron chi connectivity index (χ3n) is 5.56. The van der Waals surface area contributed by atoms with Crippen molar-refractivity contribution in [3.63, 3.8) is 0 Å². The fourth-order valence-corrected chi connectivity index (χ4v) is 3.77. The minimum atomic E-state index is -0.996. The molecule has 0 aromatic heterocycles. The molecule has 0 radical (unpaired) electrons. The second-order valence-corrected chi connectivity index (χ2v) is 8.17. The Kier molecular flexibility index (Phi) is 11.5. The van der Waals surface area contributed by atoms with E-state index in [2.05, 4.69) is 0 Å². The standard InChI is InChI=1S/C22H38O6/c23-19(24)16-17-20(25)27-21-15-13-11-9-7-5-3-1-2-4-6-8-10-12-14-18-22(26-18)28-21/h18,21-22H,1-17H2,(H,23,24). The van der Waals surface area contributed by atoms with Gasteiger partial charge in [0.25, 0.3) is 0 Å². The Balaban J connectivity index is 1.75. The Labute approximate surface area is 169 Å². The van der Waals surface area contributed by atoms with E-state index in [4.69, 9.17) is 19.3 Å². The van der Waals surface area contributed by atoms with Gasteiger partial charge in [-0.2, -0.15) is 0 Å². The van der Waals surface area contributed by atoms with E-state index in [9.17, 15) is 9.59 Å². The molecule has 0 aromatic carbocycles. The van der Waals surface area contributed by atoms with E-state index < -0.39 is 18.2 Å². The molecular weight excluding hydrogens is 360 g/mol. The lowest BCUT2D eigenvalue weighted by atomic mass is 10.0. The van der Waals surface area contributed by atoms with Crippen LogP contribution >= 0.6 is 0 Å². The molecule has 6 heteroatoms. The Morgan fingerprint density at radius 3 is 1.75 bits per heavy atom. The number of carboxylic acid groups (broad SMARTS) is 1. The molecule has 0 aromatic rings. The number of carbonyl (C=O) groups excluding carboxylic acids is 1. The largest absolute Gasteiger partial charge is 0.481 e. The summed E-state index contributed by atoms with van der Waals surface area (Å²) in [7, 11) is 0. The van der Waals surface area contributed by atoms with Crippen molar-refractivity contribution in [2.24, 2.45) is 0 Å². The van der Waals surface area contributed by atoms with Crippen LogP contribution in [0.2, 0.25) is 0 Å². The molecule has 2 rings (SSSR count). The Hall–Kier alpha value is -1.14. The van der Waals surface area contributed by atoms with Gasteiger partial charge in [0.15, 0.2) is 6.29 Å². The molecule has 1 N–H and O–H groups in total. The van der Waals surface area contributed by atoms with E-state index >= 15 is 0 Å². The highest BCUT2D eigenvalue weighted by Crippen LogP contribution is 2.31. The van der Waals surface area contributed by atoms with Crippen LogP contribution in [-0.2, 0) is 23.8 Å². The van der Waals surface area contributed by atoms with Crippen LogP contribution in [0, 0.1) is 0 Å². The number of fused-ring (bicyclic) bond motifs is 1. The quantitative estimate of drug-likeness (QED) is 0.509. The van der Waals surface area contributed by atoms with Crippen molar-refractivity contribution in [1.29, 1.82) is 0 Å². The van der Waals surface area contributed by atoms with Crippen LogP contribution in [0.3, 0.4) is 0 Å². The van der Waals surface area contributed by atoms with Crippen molar-refractivity contribution in [3.05, 3.63) is 0 Å². The lowest BCUT2D eigenvalue weighted by Crippen LogP contribution is -2.24. The van der Waals surface area contributed by atoms with Gasteiger partial charge < -0.3 is 19.3 Å². The third kappa shape index (κ3) is 11.0. The van der Waals surface area contributed by atoms with E-state index in [1.165, 1.54) is 64.2 Å². The normalized spacial score (nSPS) is 28.8. The maximum Gasteiger partial charge on any atom is 0.308 e. The first kappa shape index (κ1) is 23.1. The van der Waals surface area contributed by atoms with Crippen LogP contribution < -0.4 is 0 Å². The highest BCUT2D eigenvalue weighted by molar-refractivity contribution is 5.76. The average molecular weight is 399 g/mol. The minimum absolute atomic E-state index is 0.113. The van der Waals surface area contributed by atoms with Gasteiger partial charge in [0.2, 0.25) is 6.29 Å². The van der Waals surface area contributed by atoms with Crippen LogP contribution in [0.15, 0.2) is 0 Å². The molecule has 2 aliphatic heterocycles. The molecule has 2 aliphatic rings. The molecule has 3 unspecified atom stereocenters. The van der Waals surface area contributed by atoms with E-state index in [1.54, 1.807) is 0 Å². The van der Waals surface area contributed by atoms with Gasteiger partial charge >= 0.3 is 11.9 Å². The first-order valence-corrected chi connectivity index (χ1v) is 11.4. The number of carbonyl (C=O) groups is 2. The molecule has 0 saturated carbocycles. The Morgan fingerprint density at radius 2 is 1.21 bits per heavy atom. The molecule has 0 spiro atoms. The summed E-state index contributed by atoms with van der Waals surface area (Å²) in [5, 5.41) is 8.71. The summed E-state index contributed by atoms with van der Waals surface area (Å²) in [6.45, 7) is 0. The molecule has 2 fully saturated rings. The molecule has 6 nitrogen and oxygen atoms in total. The van der Waals surface area contributed by atoms with E-state index in [0.717, 1.165) is 25.7 Å². The summed E-state index contributed by atoms with van der Waals surface area (Å²) in [6.07, 6.45) is 16.8. The zero-order chi connectivity index (χ0) is 20.0. The predicted octanol–water partition coefficient (Wildman–Crippen LogP) is 5.33. The van der Waals surface area contributed by atoms with Gasteiger partial charge in [-0.1, -0.05) is 77.0 Å². The molecule has 2 saturated heterocycles. The van der Waals surface area contributed by atoms with Crippen molar-refractivity contribution in [2.45, 2.75) is 128 Å². The highest BCUT2D eigenvalue weighted by atomic mass is 16.8. The van der Waals surface area contributed by atoms with E-state index in [-0.39, 0.29) is 25.2 Å². The van der Waals surface area contributed by atoms with Crippen molar-refractivity contribution < 1.29 is 28.9 Å². The fourth-order valence-electron chi connectivity index (χ4n) is 3.77. The summed E-state index contributed by atoms with van der Waals surface area (Å²) in [5.74, 6) is -1.51. The third-order valence-corrected chi connectivity index (χ3v) is 5.56. The van der Waals surface area contributed by atoms with Gasteiger partial charge in [-0.05, 0) is 12.8 Å². The monoisotopic (exact) mass is 398 g/mol. The fraction of sp³-hybridized carbons (Fsp3) is 0.909. The number of hydrogen-bond acceptors (Lipinski definition) is 5. The number of hydrogen-bond donors (Lipinski definition) is 1. The lowest BCUT2D eigenvalue weighted by Gasteiger charge is -2.17. The van der Waals surface area contributed by atoms with Gasteiger partial charge in [0.1, 0.15) is 6.10 Å². The summed E-state index contributed by atoms with van der Waals surface area (Å²) in [4.78, 5) is 22.5. The summed E-state index contributed by atoms with van der Waals surface area (Å²) in [6, 6.07) is 0. The lowest BCUT2D eigenvalue weighted by molar-refractivity contribution is -0.191. The van der Waals surface area contributed by atoms with Gasteiger partial charge in [0, 0.05) is 6.42 Å². The molecule has 2 heterocycles. The van der Waals surface area contributed by atoms with Gasteiger partial charge in [-0.25, -0.2) is 0 Å². The number of carboxylic acids is 1. The SMILES string of the molecule is O=C(O)CCC(=O)OC1CCCCCCCCCCCCCCCC2OC2O1. The molecular formula is C22H38O6. The summed E-state index contributed by atoms with van der Waals surface area (Å²) < 4.78 is 16.8. The van der Waals surface area contributed by atoms with Crippen LogP contribution in [0.5, 0.6) is 0 Å². The molecule has 28 heavy (non-hydrogen) atoms. The number of esters is 1. The number of rotatable bonds is 4. The maximum atomic E-state index is 11.9. The van der Waals surface area contributed by atoms with E-state index in [0.29, 0.717) is 6.42 Å². The van der Waals surface area contributed by atoms with Crippen LogP contribution in [0.4, 0.5) is 0 Å². The van der Waals surface area contributed by atoms with Crippen LogP contribution in [0.1, 0.15) is 109 Å². The van der Waals surface area contributed by atoms with Gasteiger partial charge in [-0.15, -0.1) is 0 Å². The molecule has 0 bridgehead atoms. The van der Waals surface area contributed by atoms with Crippen LogP contribution in [-0.4, -0.2) is 35.7 Å². The molecule has 0 aliphatic carbocycles. The zero-order valence-corrected chi connectivity index (χ0v) is 17.2. The minimum Gasteiger partial charge on any atom is -0.481 e. The average Bonchev–Trinajstić information content (AvgIpc) is 3.40. The van der Waals surface area contributed by atoms with Gasteiger partial charge in [-0.3, -0.25) is 9.59 Å². The summed E-state index contributed by atoms with van der Waals surface area (Å²) in [5.41, 5.74) is 0. The second-order valence-electron chi connectivity index (χ2n) is 8.17. The number of ether oxygens (including phenoxy) is 3. The van der Waals surface area contributed by atoms with E-state index in [1.807, 2.05) is 0 Å². The molecule has 0 amide bonds. The first-order valence-electron chi connectivity index (χ1n) is 11.4. The summed E-state index contributed by atoms with van der Waals surface area (Å²) >= 11 is 0. The Morgan fingerprint density at radius 1 is 0.714 bits per heavy atom. The topological polar surface area (TPSA) is 85.4 Å². The van der Waals surface area contributed by atoms with Gasteiger partial charge in [0.05, 0.1) is 12.8 Å². The molecule has 3 atom stereocenters. The van der Waals surface area contributed by atoms with Crippen molar-refractivity contribution in [3.8, 4) is 0 Å². The van der Waals surface area contributed by atoms with Crippen LogP contribution in [0.25, 0.3) is 0 Å². The maximum absolute atomic E-state index is 11.9. The van der Waals surface area contributed by atoms with Crippen molar-refractivity contribution in [1.82, 2.24) is 0 Å². The number of epoxide rings is 1. The van der Waals surface area contributed by atoms with Crippen molar-refractivity contribution >= 4 is 11.9 Å². The highest BCUT2D eigenvalue weighted by Gasteiger charge is 2.41. The number of aliphatic carboxylic acids is 1. The smallest absolute Gasteiger partial charge is 0.308 e. The second kappa shape index (κ2) is 13.9. The molecule has 162 valence electrons. The first-order chi connectivity index (χ1) is 13.6. The zero-order valence-electron chi connectivity index (χ0n) is 17.2. The predicted molar refractivity (Wildman–Crippen MR) is 106 cm³/mol. The van der Waals surface area contributed by atoms with Crippen molar-refractivity contribution in [2.75, 3.05) is 0 Å². The Bertz CT molecular complexity index is 452.